The van der Waals surface area contributed by atoms with Gasteiger partial charge < -0.3 is 19.7 Å². The maximum atomic E-state index is 13.7. The van der Waals surface area contributed by atoms with E-state index in [0.29, 0.717) is 35.6 Å². The Kier molecular flexibility index (Phi) is 4.77. The Hall–Kier alpha value is -4.50. The van der Waals surface area contributed by atoms with Gasteiger partial charge in [-0.05, 0) is 36.6 Å². The number of urea groups is 1. The first-order chi connectivity index (χ1) is 18.4. The van der Waals surface area contributed by atoms with Crippen molar-refractivity contribution in [1.82, 2.24) is 9.55 Å². The smallest absolute Gasteiger partial charge is 0.343 e. The lowest BCUT2D eigenvalue weighted by Crippen LogP contribution is -2.44. The maximum absolute atomic E-state index is 13.7. The first-order valence-electron chi connectivity index (χ1n) is 12.7. The average Bonchev–Trinajstić information content (AvgIpc) is 3.30. The van der Waals surface area contributed by atoms with Crippen LogP contribution in [0.5, 0.6) is 0 Å². The number of rotatable bonds is 4. The summed E-state index contributed by atoms with van der Waals surface area (Å²) in [5.41, 5.74) is 3.36. The zero-order valence-electron chi connectivity index (χ0n) is 20.7. The van der Waals surface area contributed by atoms with Gasteiger partial charge in [-0.3, -0.25) is 9.69 Å². The van der Waals surface area contributed by atoms with E-state index in [2.05, 4.69) is 5.32 Å². The third-order valence-corrected chi connectivity index (χ3v) is 7.91. The van der Waals surface area contributed by atoms with Gasteiger partial charge in [-0.1, -0.05) is 43.3 Å². The van der Waals surface area contributed by atoms with Crippen molar-refractivity contribution >= 4 is 34.3 Å². The molecular formula is C29H24N4O5. The van der Waals surface area contributed by atoms with Crippen molar-refractivity contribution in [2.45, 2.75) is 38.5 Å². The van der Waals surface area contributed by atoms with Gasteiger partial charge >= 0.3 is 12.0 Å². The molecule has 0 fully saturated rings. The number of aromatic nitrogens is 2. The number of cyclic esters (lactones) is 1. The van der Waals surface area contributed by atoms with Gasteiger partial charge in [0.15, 0.2) is 5.60 Å². The van der Waals surface area contributed by atoms with Gasteiger partial charge in [-0.25, -0.2) is 14.6 Å². The molecule has 4 aromatic rings. The first kappa shape index (κ1) is 22.7. The summed E-state index contributed by atoms with van der Waals surface area (Å²) < 4.78 is 6.79. The highest BCUT2D eigenvalue weighted by molar-refractivity contribution is 6.19. The number of anilines is 2. The summed E-state index contributed by atoms with van der Waals surface area (Å²) in [4.78, 5) is 46.2. The minimum absolute atomic E-state index is 0.0712. The predicted octanol–water partition coefficient (Wildman–Crippen LogP) is 3.67. The van der Waals surface area contributed by atoms with Crippen LogP contribution in [0.1, 0.15) is 35.6 Å². The molecule has 7 rings (SSSR count). The molecule has 2 N–H and O–H groups in total. The molecule has 0 aliphatic carbocycles. The molecule has 0 radical (unpaired) electrons. The molecule has 38 heavy (non-hydrogen) atoms. The Labute approximate surface area is 217 Å². The summed E-state index contributed by atoms with van der Waals surface area (Å²) in [6.45, 7) is 2.14. The van der Waals surface area contributed by atoms with Crippen molar-refractivity contribution in [3.63, 3.8) is 0 Å². The van der Waals surface area contributed by atoms with Gasteiger partial charge in [-0.2, -0.15) is 0 Å². The van der Waals surface area contributed by atoms with Crippen LogP contribution in [-0.2, 0) is 34.7 Å². The molecule has 1 atom stereocenters. The standard InChI is InChI=1S/C29H24N4O5/c1-2-29(37)19-13-22-24-17(14-33(22)26(34)18(19)15-38-27(29)35)25-23-20(30-24)9-6-10-21(23)31-28(36)32(25)12-11-16-7-4-3-5-8-16/h3-10,13,37H,2,11-12,14-15H2,1H3,(H,31,36)/t29-/m0/s1. The van der Waals surface area contributed by atoms with Crippen LogP contribution >= 0.6 is 0 Å². The van der Waals surface area contributed by atoms with Crippen molar-refractivity contribution in [2.24, 2.45) is 0 Å². The van der Waals surface area contributed by atoms with Gasteiger partial charge in [0.25, 0.3) is 5.56 Å². The molecule has 5 heterocycles. The lowest BCUT2D eigenvalue weighted by Gasteiger charge is -2.31. The van der Waals surface area contributed by atoms with Crippen molar-refractivity contribution in [3.8, 4) is 11.4 Å². The molecule has 9 nitrogen and oxygen atoms in total. The summed E-state index contributed by atoms with van der Waals surface area (Å²) in [6.07, 6.45) is 0.723. The van der Waals surface area contributed by atoms with Gasteiger partial charge in [0.2, 0.25) is 0 Å². The summed E-state index contributed by atoms with van der Waals surface area (Å²) in [7, 11) is 0. The number of fused-ring (bicyclic) bond motifs is 5. The zero-order valence-corrected chi connectivity index (χ0v) is 20.7. The number of aliphatic hydroxyl groups is 1. The van der Waals surface area contributed by atoms with Gasteiger partial charge in [0.05, 0.1) is 40.4 Å². The Balaban J connectivity index is 1.44. The SMILES string of the molecule is CC[C@@]1(O)C(=O)OCc2c1cc1n(c2=O)Cc2c-1nc1cccc3c1c2N(CCc1ccccc1)C(=O)N3. The Morgan fingerprint density at radius 2 is 1.89 bits per heavy atom. The molecular weight excluding hydrogens is 484 g/mol. The topological polar surface area (TPSA) is 114 Å². The van der Waals surface area contributed by atoms with Crippen LogP contribution in [0, 0.1) is 0 Å². The molecule has 9 heteroatoms. The number of pyridine rings is 2. The third kappa shape index (κ3) is 3.02. The van der Waals surface area contributed by atoms with Crippen LogP contribution in [0.15, 0.2) is 59.4 Å². The van der Waals surface area contributed by atoms with Crippen LogP contribution in [0.4, 0.5) is 16.2 Å². The molecule has 2 aromatic carbocycles. The maximum Gasteiger partial charge on any atom is 0.343 e. The largest absolute Gasteiger partial charge is 0.458 e. The highest BCUT2D eigenvalue weighted by Crippen LogP contribution is 2.46. The third-order valence-electron chi connectivity index (χ3n) is 7.91. The van der Waals surface area contributed by atoms with Crippen molar-refractivity contribution in [1.29, 1.82) is 0 Å². The van der Waals surface area contributed by atoms with Gasteiger partial charge in [0, 0.05) is 23.1 Å². The molecule has 0 bridgehead atoms. The quantitative estimate of drug-likeness (QED) is 0.358. The number of hydrogen-bond acceptors (Lipinski definition) is 6. The number of nitrogens with one attached hydrogen (secondary N) is 1. The normalized spacial score (nSPS) is 19.1. The number of ether oxygens (including phenoxy) is 1. The number of esters is 1. The second kappa shape index (κ2) is 8.00. The van der Waals surface area contributed by atoms with E-state index in [1.165, 1.54) is 0 Å². The minimum atomic E-state index is -1.90. The van der Waals surface area contributed by atoms with Crippen molar-refractivity contribution in [3.05, 3.63) is 87.2 Å². The molecule has 190 valence electrons. The van der Waals surface area contributed by atoms with Crippen molar-refractivity contribution < 1.29 is 19.4 Å². The molecule has 0 unspecified atom stereocenters. The Bertz CT molecular complexity index is 1750. The summed E-state index contributed by atoms with van der Waals surface area (Å²) >= 11 is 0. The van der Waals surface area contributed by atoms with Crippen LogP contribution in [0.3, 0.4) is 0 Å². The molecule has 3 aliphatic heterocycles. The van der Waals surface area contributed by atoms with E-state index in [1.807, 2.05) is 48.5 Å². The lowest BCUT2D eigenvalue weighted by molar-refractivity contribution is -0.172. The van der Waals surface area contributed by atoms with E-state index in [4.69, 9.17) is 9.72 Å². The monoisotopic (exact) mass is 508 g/mol. The number of amides is 2. The van der Waals surface area contributed by atoms with Gasteiger partial charge in [0.1, 0.15) is 6.61 Å². The molecule has 0 saturated carbocycles. The molecule has 0 spiro atoms. The Morgan fingerprint density at radius 3 is 2.68 bits per heavy atom. The minimum Gasteiger partial charge on any atom is -0.458 e. The number of carbonyl (C=O) groups excluding carboxylic acids is 2. The van der Waals surface area contributed by atoms with Crippen LogP contribution < -0.4 is 15.8 Å². The fourth-order valence-electron chi connectivity index (χ4n) is 5.89. The summed E-state index contributed by atoms with van der Waals surface area (Å²) in [5.74, 6) is -0.759. The number of benzene rings is 2. The van der Waals surface area contributed by atoms with Gasteiger partial charge in [-0.15, -0.1) is 0 Å². The highest BCUT2D eigenvalue weighted by Gasteiger charge is 2.46. The van der Waals surface area contributed by atoms with E-state index < -0.39 is 11.6 Å². The summed E-state index contributed by atoms with van der Waals surface area (Å²) in [6, 6.07) is 17.0. The van der Waals surface area contributed by atoms with E-state index in [9.17, 15) is 19.5 Å². The fraction of sp³-hybridized carbons (Fsp3) is 0.241. The molecule has 0 saturated heterocycles. The second-order valence-electron chi connectivity index (χ2n) is 9.91. The number of carbonyl (C=O) groups is 2. The first-order valence-corrected chi connectivity index (χ1v) is 12.7. The Morgan fingerprint density at radius 1 is 1.08 bits per heavy atom. The average molecular weight is 509 g/mol. The van der Waals surface area contributed by atoms with E-state index in [1.54, 1.807) is 22.5 Å². The lowest BCUT2D eigenvalue weighted by atomic mass is 9.86. The molecule has 2 aromatic heterocycles. The van der Waals surface area contributed by atoms with Crippen LogP contribution in [0.25, 0.3) is 22.3 Å². The fourth-order valence-corrected chi connectivity index (χ4v) is 5.89. The number of nitrogens with zero attached hydrogens (tertiary/aromatic N) is 3. The summed E-state index contributed by atoms with van der Waals surface area (Å²) in [5, 5.41) is 15.0. The highest BCUT2D eigenvalue weighted by atomic mass is 16.6. The predicted molar refractivity (Wildman–Crippen MR) is 141 cm³/mol. The van der Waals surface area contributed by atoms with E-state index in [0.717, 1.165) is 22.2 Å². The van der Waals surface area contributed by atoms with Crippen molar-refractivity contribution in [2.75, 3.05) is 16.8 Å². The van der Waals surface area contributed by atoms with Crippen LogP contribution in [0.2, 0.25) is 0 Å². The molecule has 3 aliphatic rings. The van der Waals surface area contributed by atoms with E-state index >= 15 is 0 Å². The van der Waals surface area contributed by atoms with E-state index in [-0.39, 0.29) is 42.3 Å². The zero-order chi connectivity index (χ0) is 26.2. The molecule has 2 amide bonds. The van der Waals surface area contributed by atoms with Crippen LogP contribution in [-0.4, -0.2) is 33.2 Å². The number of hydrogen-bond donors (Lipinski definition) is 2. The second-order valence-corrected chi connectivity index (χ2v) is 9.91.